The summed E-state index contributed by atoms with van der Waals surface area (Å²) in [6.07, 6.45) is 1.59. The number of urea groups is 1. The third kappa shape index (κ3) is 4.36. The first-order valence-electron chi connectivity index (χ1n) is 6.50. The smallest absolute Gasteiger partial charge is 0.326 e. The molecule has 0 aliphatic carbocycles. The number of aliphatic carboxylic acids is 1. The number of carboxylic acids is 1. The summed E-state index contributed by atoms with van der Waals surface area (Å²) in [6, 6.07) is -1.31. The number of hydrogen-bond acceptors (Lipinski definition) is 4. The molecule has 0 saturated carbocycles. The third-order valence-corrected chi connectivity index (χ3v) is 3.29. The van der Waals surface area contributed by atoms with Crippen molar-refractivity contribution in [3.8, 4) is 0 Å². The Morgan fingerprint density at radius 3 is 2.58 bits per heavy atom. The first kappa shape index (κ1) is 15.7. The van der Waals surface area contributed by atoms with Crippen LogP contribution < -0.4 is 0 Å². The van der Waals surface area contributed by atoms with E-state index in [1.54, 1.807) is 7.05 Å². The molecule has 0 aromatic carbocycles. The number of amides is 2. The quantitative estimate of drug-likeness (QED) is 0.578. The maximum Gasteiger partial charge on any atom is 0.326 e. The van der Waals surface area contributed by atoms with Gasteiger partial charge in [0.25, 0.3) is 0 Å². The molecule has 3 N–H and O–H groups in total. The zero-order valence-corrected chi connectivity index (χ0v) is 11.2. The van der Waals surface area contributed by atoms with Gasteiger partial charge in [-0.3, -0.25) is 0 Å². The minimum atomic E-state index is -1.08. The summed E-state index contributed by atoms with van der Waals surface area (Å²) in [4.78, 5) is 25.8. The molecule has 0 bridgehead atoms. The molecular formula is C12H22N2O5. The van der Waals surface area contributed by atoms with Gasteiger partial charge in [0.1, 0.15) is 6.04 Å². The Labute approximate surface area is 112 Å². The predicted molar refractivity (Wildman–Crippen MR) is 67.7 cm³/mol. The van der Waals surface area contributed by atoms with Crippen LogP contribution in [0, 0.1) is 0 Å². The number of hydrogen-bond donors (Lipinski definition) is 3. The van der Waals surface area contributed by atoms with Crippen LogP contribution in [0.5, 0.6) is 0 Å². The molecule has 0 aromatic rings. The van der Waals surface area contributed by atoms with Crippen LogP contribution in [0.3, 0.4) is 0 Å². The molecule has 0 aromatic heterocycles. The van der Waals surface area contributed by atoms with Crippen LogP contribution in [0.4, 0.5) is 4.79 Å². The minimum Gasteiger partial charge on any atom is -0.480 e. The average Bonchev–Trinajstić information content (AvgIpc) is 2.75. The van der Waals surface area contributed by atoms with E-state index in [1.165, 1.54) is 9.80 Å². The number of carboxylic acid groups (broad SMARTS) is 1. The van der Waals surface area contributed by atoms with Crippen LogP contribution in [0.15, 0.2) is 0 Å². The Morgan fingerprint density at radius 2 is 2.00 bits per heavy atom. The maximum atomic E-state index is 12.1. The predicted octanol–water partition coefficient (Wildman–Crippen LogP) is -0.279. The fraction of sp³-hybridized carbons (Fsp3) is 0.833. The Morgan fingerprint density at radius 1 is 1.32 bits per heavy atom. The summed E-state index contributed by atoms with van der Waals surface area (Å²) in [7, 11) is 1.62. The molecule has 1 heterocycles. The molecular weight excluding hydrogens is 252 g/mol. The van der Waals surface area contributed by atoms with Crippen molar-refractivity contribution in [1.82, 2.24) is 9.80 Å². The molecule has 1 aliphatic rings. The second-order valence-electron chi connectivity index (χ2n) is 4.88. The molecule has 1 fully saturated rings. The van der Waals surface area contributed by atoms with Gasteiger partial charge in [-0.05, 0) is 19.3 Å². The first-order chi connectivity index (χ1) is 8.97. The lowest BCUT2D eigenvalue weighted by molar-refractivity contribution is -0.141. The van der Waals surface area contributed by atoms with Gasteiger partial charge in [-0.2, -0.15) is 0 Å². The van der Waals surface area contributed by atoms with E-state index in [0.717, 1.165) is 12.8 Å². The lowest BCUT2D eigenvalue weighted by atomic mass is 10.2. The molecule has 0 unspecified atom stereocenters. The van der Waals surface area contributed by atoms with Gasteiger partial charge in [0.05, 0.1) is 6.10 Å². The van der Waals surface area contributed by atoms with Crippen molar-refractivity contribution in [2.24, 2.45) is 0 Å². The molecule has 110 valence electrons. The van der Waals surface area contributed by atoms with Gasteiger partial charge in [-0.25, -0.2) is 9.59 Å². The van der Waals surface area contributed by atoms with E-state index >= 15 is 0 Å². The summed E-state index contributed by atoms with van der Waals surface area (Å²) in [5, 5.41) is 27.2. The summed E-state index contributed by atoms with van der Waals surface area (Å²) in [5.41, 5.74) is 0. The van der Waals surface area contributed by atoms with Crippen LogP contribution >= 0.6 is 0 Å². The zero-order valence-electron chi connectivity index (χ0n) is 11.2. The van der Waals surface area contributed by atoms with E-state index in [4.69, 9.17) is 10.2 Å². The monoisotopic (exact) mass is 274 g/mol. The van der Waals surface area contributed by atoms with Crippen molar-refractivity contribution in [3.05, 3.63) is 0 Å². The van der Waals surface area contributed by atoms with Crippen molar-refractivity contribution in [2.75, 3.05) is 26.7 Å². The van der Waals surface area contributed by atoms with E-state index in [-0.39, 0.29) is 25.6 Å². The topological polar surface area (TPSA) is 101 Å². The van der Waals surface area contributed by atoms with E-state index in [1.807, 2.05) is 0 Å². The summed E-state index contributed by atoms with van der Waals surface area (Å²) < 4.78 is 0. The highest BCUT2D eigenvalue weighted by Gasteiger charge is 2.39. The van der Waals surface area contributed by atoms with E-state index in [2.05, 4.69) is 0 Å². The SMILES string of the molecule is CN(CCCCCO)C(=O)N1C[C@@H](O)C[C@H]1C(=O)O. The Balaban J connectivity index is 2.48. The van der Waals surface area contributed by atoms with E-state index in [9.17, 15) is 14.7 Å². The second-order valence-corrected chi connectivity index (χ2v) is 4.88. The van der Waals surface area contributed by atoms with Crippen molar-refractivity contribution in [3.63, 3.8) is 0 Å². The molecule has 1 saturated heterocycles. The molecule has 1 rings (SSSR count). The van der Waals surface area contributed by atoms with Crippen LogP contribution in [-0.4, -0.2) is 76.0 Å². The average molecular weight is 274 g/mol. The minimum absolute atomic E-state index is 0.0663. The maximum absolute atomic E-state index is 12.1. The lowest BCUT2D eigenvalue weighted by Gasteiger charge is -2.27. The van der Waals surface area contributed by atoms with Crippen molar-refractivity contribution >= 4 is 12.0 Å². The molecule has 7 nitrogen and oxygen atoms in total. The van der Waals surface area contributed by atoms with Crippen molar-refractivity contribution in [2.45, 2.75) is 37.8 Å². The molecule has 0 spiro atoms. The molecule has 19 heavy (non-hydrogen) atoms. The number of rotatable bonds is 6. The summed E-state index contributed by atoms with van der Waals surface area (Å²) >= 11 is 0. The van der Waals surface area contributed by atoms with Gasteiger partial charge in [-0.15, -0.1) is 0 Å². The molecule has 7 heteroatoms. The Kier molecular flexibility index (Phi) is 6.04. The fourth-order valence-electron chi connectivity index (χ4n) is 2.21. The van der Waals surface area contributed by atoms with Crippen LogP contribution in [-0.2, 0) is 4.79 Å². The van der Waals surface area contributed by atoms with Gasteiger partial charge in [0.2, 0.25) is 0 Å². The number of unbranched alkanes of at least 4 members (excludes halogenated alkanes) is 2. The van der Waals surface area contributed by atoms with Gasteiger partial charge < -0.3 is 25.1 Å². The highest BCUT2D eigenvalue weighted by molar-refractivity contribution is 5.83. The van der Waals surface area contributed by atoms with Gasteiger partial charge in [-0.1, -0.05) is 0 Å². The Bertz CT molecular complexity index is 323. The number of β-amino-alcohol motifs (C(OH)–C–C–N with tert-alkyl or cyclic N) is 1. The number of carbonyl (C=O) groups excluding carboxylic acids is 1. The van der Waals surface area contributed by atoms with Gasteiger partial charge in [0.15, 0.2) is 0 Å². The lowest BCUT2D eigenvalue weighted by Crippen LogP contribution is -2.47. The highest BCUT2D eigenvalue weighted by Crippen LogP contribution is 2.19. The zero-order chi connectivity index (χ0) is 14.4. The number of carbonyl (C=O) groups is 2. The highest BCUT2D eigenvalue weighted by atomic mass is 16.4. The van der Waals surface area contributed by atoms with Crippen LogP contribution in [0.25, 0.3) is 0 Å². The molecule has 0 radical (unpaired) electrons. The second kappa shape index (κ2) is 7.30. The Hall–Kier alpha value is -1.34. The number of aliphatic hydroxyl groups excluding tert-OH is 2. The molecule has 1 aliphatic heterocycles. The largest absolute Gasteiger partial charge is 0.480 e. The number of nitrogens with zero attached hydrogens (tertiary/aromatic N) is 2. The van der Waals surface area contributed by atoms with Crippen LogP contribution in [0.1, 0.15) is 25.7 Å². The van der Waals surface area contributed by atoms with Crippen LogP contribution in [0.2, 0.25) is 0 Å². The number of likely N-dealkylation sites (tertiary alicyclic amines) is 1. The standard InChI is InChI=1S/C12H22N2O5/c1-13(5-3-2-4-6-15)12(19)14-8-9(16)7-10(14)11(17)18/h9-10,15-16H,2-8H2,1H3,(H,17,18)/t9-,10-/m0/s1. The number of aliphatic hydroxyl groups is 2. The van der Waals surface area contributed by atoms with E-state index < -0.39 is 18.1 Å². The molecule has 2 atom stereocenters. The normalized spacial score (nSPS) is 22.6. The summed E-state index contributed by atoms with van der Waals surface area (Å²) in [5.74, 6) is -1.08. The van der Waals surface area contributed by atoms with Crippen molar-refractivity contribution < 1.29 is 24.9 Å². The van der Waals surface area contributed by atoms with Gasteiger partial charge >= 0.3 is 12.0 Å². The van der Waals surface area contributed by atoms with Gasteiger partial charge in [0, 0.05) is 33.2 Å². The fourth-order valence-corrected chi connectivity index (χ4v) is 2.21. The third-order valence-electron chi connectivity index (χ3n) is 3.29. The first-order valence-corrected chi connectivity index (χ1v) is 6.50. The molecule has 2 amide bonds. The van der Waals surface area contributed by atoms with E-state index in [0.29, 0.717) is 13.0 Å². The van der Waals surface area contributed by atoms with Crippen molar-refractivity contribution in [1.29, 1.82) is 0 Å². The summed E-state index contributed by atoms with van der Waals surface area (Å²) in [6.45, 7) is 0.714.